The highest BCUT2D eigenvalue weighted by atomic mass is 19.1. The Hall–Kier alpha value is -0.890. The summed E-state index contributed by atoms with van der Waals surface area (Å²) in [6.07, 6.45) is 3.34. The van der Waals surface area contributed by atoms with Crippen LogP contribution in [0.5, 0.6) is 0 Å². The van der Waals surface area contributed by atoms with E-state index in [1.165, 1.54) is 12.0 Å². The maximum Gasteiger partial charge on any atom is 0.123 e. The van der Waals surface area contributed by atoms with Crippen LogP contribution in [-0.4, -0.2) is 6.54 Å². The Kier molecular flexibility index (Phi) is 6.86. The first-order chi connectivity index (χ1) is 9.73. The molecule has 0 radical (unpaired) electrons. The summed E-state index contributed by atoms with van der Waals surface area (Å²) in [5.74, 6) is 0.476. The highest BCUT2D eigenvalue weighted by Gasteiger charge is 2.21. The molecule has 0 saturated carbocycles. The van der Waals surface area contributed by atoms with Crippen molar-refractivity contribution >= 4 is 0 Å². The first kappa shape index (κ1) is 18.2. The molecule has 0 heterocycles. The molecule has 2 heteroatoms. The molecule has 0 aliphatic heterocycles. The van der Waals surface area contributed by atoms with Crippen LogP contribution in [0, 0.1) is 24.1 Å². The second-order valence-corrected chi connectivity index (χ2v) is 7.61. The van der Waals surface area contributed by atoms with Crippen LogP contribution in [-0.2, 0) is 0 Å². The summed E-state index contributed by atoms with van der Waals surface area (Å²) in [4.78, 5) is 0. The molecular weight excluding hydrogens is 261 g/mol. The molecule has 120 valence electrons. The van der Waals surface area contributed by atoms with Gasteiger partial charge < -0.3 is 5.32 Å². The fraction of sp³-hybridized carbons (Fsp3) is 0.684. The first-order valence-corrected chi connectivity index (χ1v) is 8.22. The van der Waals surface area contributed by atoms with Crippen LogP contribution in [0.15, 0.2) is 18.2 Å². The number of halogens is 1. The number of hydrogen-bond acceptors (Lipinski definition) is 1. The van der Waals surface area contributed by atoms with Gasteiger partial charge in [0.2, 0.25) is 0 Å². The molecule has 0 fully saturated rings. The minimum Gasteiger partial charge on any atom is -0.310 e. The van der Waals surface area contributed by atoms with Gasteiger partial charge in [0.05, 0.1) is 0 Å². The number of nitrogens with one attached hydrogen (secondary N) is 1. The molecule has 1 nitrogen and oxygen atoms in total. The van der Waals surface area contributed by atoms with Crippen LogP contribution in [0.4, 0.5) is 4.39 Å². The minimum absolute atomic E-state index is 0.137. The van der Waals surface area contributed by atoms with Gasteiger partial charge in [-0.15, -0.1) is 0 Å². The summed E-state index contributed by atoms with van der Waals surface area (Å²) in [6, 6.07) is 5.39. The summed E-state index contributed by atoms with van der Waals surface area (Å²) >= 11 is 0. The third-order valence-electron chi connectivity index (χ3n) is 3.86. The van der Waals surface area contributed by atoms with Crippen molar-refractivity contribution < 1.29 is 4.39 Å². The van der Waals surface area contributed by atoms with Gasteiger partial charge in [0.15, 0.2) is 0 Å². The Balaban J connectivity index is 2.87. The van der Waals surface area contributed by atoms with Crippen LogP contribution >= 0.6 is 0 Å². The quantitative estimate of drug-likeness (QED) is 0.686. The molecule has 1 aromatic rings. The Morgan fingerprint density at radius 1 is 1.24 bits per heavy atom. The van der Waals surface area contributed by atoms with Crippen molar-refractivity contribution in [1.82, 2.24) is 5.32 Å². The van der Waals surface area contributed by atoms with Crippen molar-refractivity contribution in [3.8, 4) is 0 Å². The van der Waals surface area contributed by atoms with Crippen molar-refractivity contribution in [3.05, 3.63) is 35.1 Å². The fourth-order valence-corrected chi connectivity index (χ4v) is 3.16. The van der Waals surface area contributed by atoms with Crippen molar-refractivity contribution in [1.29, 1.82) is 0 Å². The zero-order valence-electron chi connectivity index (χ0n) is 14.6. The van der Waals surface area contributed by atoms with Gasteiger partial charge in [-0.05, 0) is 67.3 Å². The molecule has 0 spiro atoms. The average Bonchev–Trinajstić information content (AvgIpc) is 2.35. The summed E-state index contributed by atoms with van der Waals surface area (Å²) in [6.45, 7) is 14.4. The van der Waals surface area contributed by atoms with E-state index in [4.69, 9.17) is 0 Å². The fourth-order valence-electron chi connectivity index (χ4n) is 3.16. The Morgan fingerprint density at radius 3 is 2.48 bits per heavy atom. The molecule has 0 amide bonds. The normalized spacial score (nSPS) is 15.0. The Bertz CT molecular complexity index is 434. The molecule has 0 bridgehead atoms. The van der Waals surface area contributed by atoms with E-state index in [1.807, 2.05) is 6.07 Å². The lowest BCUT2D eigenvalue weighted by Gasteiger charge is -2.28. The largest absolute Gasteiger partial charge is 0.310 e. The van der Waals surface area contributed by atoms with E-state index >= 15 is 0 Å². The van der Waals surface area contributed by atoms with Gasteiger partial charge in [-0.3, -0.25) is 0 Å². The third-order valence-corrected chi connectivity index (χ3v) is 3.86. The highest BCUT2D eigenvalue weighted by molar-refractivity contribution is 5.29. The predicted molar refractivity (Wildman–Crippen MR) is 90.0 cm³/mol. The molecule has 1 aromatic carbocycles. The second kappa shape index (κ2) is 7.93. The molecule has 21 heavy (non-hydrogen) atoms. The van der Waals surface area contributed by atoms with Crippen LogP contribution in [0.2, 0.25) is 0 Å². The van der Waals surface area contributed by atoms with Crippen molar-refractivity contribution in [2.45, 2.75) is 66.8 Å². The van der Waals surface area contributed by atoms with Gasteiger partial charge in [0.1, 0.15) is 5.82 Å². The van der Waals surface area contributed by atoms with E-state index < -0.39 is 0 Å². The smallest absolute Gasteiger partial charge is 0.123 e. The van der Waals surface area contributed by atoms with Gasteiger partial charge in [-0.1, -0.05) is 40.7 Å². The van der Waals surface area contributed by atoms with Crippen LogP contribution in [0.1, 0.15) is 71.0 Å². The molecule has 1 rings (SSSR count). The molecule has 1 N–H and O–H groups in total. The molecule has 0 aromatic heterocycles. The van der Waals surface area contributed by atoms with Gasteiger partial charge in [-0.25, -0.2) is 4.39 Å². The topological polar surface area (TPSA) is 12.0 Å². The van der Waals surface area contributed by atoms with Gasteiger partial charge >= 0.3 is 0 Å². The lowest BCUT2D eigenvalue weighted by Crippen LogP contribution is -2.26. The molecule has 0 saturated heterocycles. The van der Waals surface area contributed by atoms with E-state index in [-0.39, 0.29) is 11.9 Å². The lowest BCUT2D eigenvalue weighted by atomic mass is 9.81. The maximum absolute atomic E-state index is 13.6. The lowest BCUT2D eigenvalue weighted by molar-refractivity contribution is 0.275. The molecule has 0 aliphatic rings. The number of aryl methyl sites for hydroxylation is 1. The number of benzene rings is 1. The SMILES string of the molecule is CCCNC(CC(C)CC(C)(C)C)c1cc(F)ccc1C. The third kappa shape index (κ3) is 6.60. The zero-order valence-corrected chi connectivity index (χ0v) is 14.6. The van der Waals surface area contributed by atoms with Gasteiger partial charge in [-0.2, -0.15) is 0 Å². The summed E-state index contributed by atoms with van der Waals surface area (Å²) < 4.78 is 13.6. The number of rotatable bonds is 7. The summed E-state index contributed by atoms with van der Waals surface area (Å²) in [7, 11) is 0. The summed E-state index contributed by atoms with van der Waals surface area (Å²) in [5, 5.41) is 3.60. The van der Waals surface area contributed by atoms with Crippen molar-refractivity contribution in [2.75, 3.05) is 6.54 Å². The minimum atomic E-state index is -0.137. The predicted octanol–water partition coefficient (Wildman–Crippen LogP) is 5.64. The van der Waals surface area contributed by atoms with E-state index in [0.717, 1.165) is 24.9 Å². The van der Waals surface area contributed by atoms with E-state index in [2.05, 4.69) is 46.9 Å². The van der Waals surface area contributed by atoms with E-state index in [0.29, 0.717) is 11.3 Å². The van der Waals surface area contributed by atoms with Gasteiger partial charge in [0, 0.05) is 6.04 Å². The Morgan fingerprint density at radius 2 is 1.90 bits per heavy atom. The molecule has 0 aliphatic carbocycles. The Labute approximate surface area is 130 Å². The van der Waals surface area contributed by atoms with Crippen molar-refractivity contribution in [2.24, 2.45) is 11.3 Å². The van der Waals surface area contributed by atoms with E-state index in [1.54, 1.807) is 12.1 Å². The standard InChI is InChI=1S/C19H32FN/c1-7-10-21-18(11-14(2)13-19(4,5)6)17-12-16(20)9-8-15(17)3/h8-9,12,14,18,21H,7,10-11,13H2,1-6H3. The number of hydrogen-bond donors (Lipinski definition) is 1. The van der Waals surface area contributed by atoms with Gasteiger partial charge in [0.25, 0.3) is 0 Å². The molecule has 2 atom stereocenters. The highest BCUT2D eigenvalue weighted by Crippen LogP contribution is 2.31. The second-order valence-electron chi connectivity index (χ2n) is 7.61. The van der Waals surface area contributed by atoms with Crippen LogP contribution < -0.4 is 5.32 Å². The first-order valence-electron chi connectivity index (χ1n) is 8.22. The monoisotopic (exact) mass is 293 g/mol. The maximum atomic E-state index is 13.6. The molecule has 2 unspecified atom stereocenters. The molecular formula is C19H32FN. The van der Waals surface area contributed by atoms with Crippen molar-refractivity contribution in [3.63, 3.8) is 0 Å². The van der Waals surface area contributed by atoms with Crippen LogP contribution in [0.3, 0.4) is 0 Å². The average molecular weight is 293 g/mol. The van der Waals surface area contributed by atoms with E-state index in [9.17, 15) is 4.39 Å². The zero-order chi connectivity index (χ0) is 16.0. The summed E-state index contributed by atoms with van der Waals surface area (Å²) in [5.41, 5.74) is 2.63. The van der Waals surface area contributed by atoms with Crippen LogP contribution in [0.25, 0.3) is 0 Å².